The largest absolute Gasteiger partial charge is 0.406 e. The van der Waals surface area contributed by atoms with Gasteiger partial charge in [-0.3, -0.25) is 0 Å². The Labute approximate surface area is 240 Å². The number of nitrogens with two attached hydrogens (primary N) is 1. The van der Waals surface area contributed by atoms with Crippen LogP contribution in [0.5, 0.6) is 0 Å². The highest BCUT2D eigenvalue weighted by Gasteiger charge is 2.30. The van der Waals surface area contributed by atoms with E-state index in [2.05, 4.69) is 34.4 Å². The molecular formula is C31H40F3N5O2. The molecule has 0 atom stereocenters. The van der Waals surface area contributed by atoms with Gasteiger partial charge in [-0.05, 0) is 81.2 Å². The summed E-state index contributed by atoms with van der Waals surface area (Å²) in [6.07, 6.45) is -1.58. The van der Waals surface area contributed by atoms with Crippen molar-refractivity contribution in [3.63, 3.8) is 0 Å². The third-order valence-corrected chi connectivity index (χ3v) is 7.08. The van der Waals surface area contributed by atoms with Gasteiger partial charge in [-0.1, -0.05) is 24.1 Å². The average molecular weight is 572 g/mol. The Kier molecular flexibility index (Phi) is 11.3. The van der Waals surface area contributed by atoms with Gasteiger partial charge in [-0.15, -0.1) is 0 Å². The molecule has 1 aliphatic heterocycles. The molecule has 1 saturated heterocycles. The van der Waals surface area contributed by atoms with E-state index in [0.29, 0.717) is 56.8 Å². The predicted molar refractivity (Wildman–Crippen MR) is 158 cm³/mol. The molecule has 1 aliphatic rings. The summed E-state index contributed by atoms with van der Waals surface area (Å²) in [5, 5.41) is 7.56. The molecule has 2 heterocycles. The first-order chi connectivity index (χ1) is 19.8. The molecule has 0 amide bonds. The zero-order chi connectivity index (χ0) is 29.1. The molecule has 0 saturated carbocycles. The number of benzene rings is 2. The van der Waals surface area contributed by atoms with Gasteiger partial charge in [0.25, 0.3) is 0 Å². The fourth-order valence-corrected chi connectivity index (χ4v) is 4.90. The fraction of sp³-hybridized carbons (Fsp3) is 0.484. The van der Waals surface area contributed by atoms with Crippen LogP contribution in [0.1, 0.15) is 24.1 Å². The van der Waals surface area contributed by atoms with Gasteiger partial charge in [0, 0.05) is 29.3 Å². The second kappa shape index (κ2) is 15.1. The van der Waals surface area contributed by atoms with Crippen molar-refractivity contribution in [2.45, 2.75) is 38.0 Å². The first-order valence-corrected chi connectivity index (χ1v) is 14.1. The second-order valence-electron chi connectivity index (χ2n) is 10.3. The lowest BCUT2D eigenvalue weighted by Crippen LogP contribution is -2.36. The van der Waals surface area contributed by atoms with Crippen LogP contribution in [0.4, 0.5) is 24.5 Å². The third-order valence-electron chi connectivity index (χ3n) is 7.08. The van der Waals surface area contributed by atoms with Gasteiger partial charge in [-0.25, -0.2) is 0 Å². The van der Waals surface area contributed by atoms with Crippen molar-refractivity contribution in [1.29, 1.82) is 0 Å². The quantitative estimate of drug-likeness (QED) is 0.204. The lowest BCUT2D eigenvalue weighted by Gasteiger charge is -2.30. The normalized spacial score (nSPS) is 14.7. The van der Waals surface area contributed by atoms with Crippen molar-refractivity contribution in [2.75, 3.05) is 70.3 Å². The average Bonchev–Trinajstić information content (AvgIpc) is 3.29. The van der Waals surface area contributed by atoms with Gasteiger partial charge in [0.2, 0.25) is 0 Å². The number of piperidine rings is 1. The number of nitrogens with zero attached hydrogens (tertiary/aromatic N) is 2. The summed E-state index contributed by atoms with van der Waals surface area (Å²) in [4.78, 5) is 2.29. The van der Waals surface area contributed by atoms with E-state index >= 15 is 0 Å². The van der Waals surface area contributed by atoms with Crippen LogP contribution in [0.15, 0.2) is 48.5 Å². The number of nitrogens with one attached hydrogen (secondary N) is 2. The van der Waals surface area contributed by atoms with E-state index in [1.54, 1.807) is 18.2 Å². The molecule has 222 valence electrons. The maximum absolute atomic E-state index is 13.5. The molecule has 3 aromatic rings. The Balaban J connectivity index is 1.37. The number of halogens is 3. The van der Waals surface area contributed by atoms with Gasteiger partial charge < -0.3 is 35.3 Å². The topological polar surface area (TPSA) is 76.7 Å². The molecule has 4 N–H and O–H groups in total. The van der Waals surface area contributed by atoms with Crippen molar-refractivity contribution in [2.24, 2.45) is 5.73 Å². The van der Waals surface area contributed by atoms with Crippen molar-refractivity contribution >= 4 is 22.3 Å². The summed E-state index contributed by atoms with van der Waals surface area (Å²) < 4.78 is 52.7. The second-order valence-corrected chi connectivity index (χ2v) is 10.3. The Hall–Kier alpha value is -3.23. The lowest BCUT2D eigenvalue weighted by atomic mass is 10.0. The van der Waals surface area contributed by atoms with Crippen molar-refractivity contribution in [3.8, 4) is 11.8 Å². The number of anilines is 2. The highest BCUT2D eigenvalue weighted by molar-refractivity contribution is 5.94. The van der Waals surface area contributed by atoms with Crippen LogP contribution in [0, 0.1) is 11.8 Å². The van der Waals surface area contributed by atoms with Gasteiger partial charge in [0.15, 0.2) is 0 Å². The van der Waals surface area contributed by atoms with E-state index in [4.69, 9.17) is 15.2 Å². The SMILES string of the molecule is CN1CCC(Nc2cccc3c2cc(C#CCNc2ccc(CCOCCOCCN)cc2)n3CC(F)(F)F)CC1. The monoisotopic (exact) mass is 571 g/mol. The molecule has 1 fully saturated rings. The zero-order valence-corrected chi connectivity index (χ0v) is 23.6. The smallest absolute Gasteiger partial charge is 0.382 e. The molecule has 41 heavy (non-hydrogen) atoms. The van der Waals surface area contributed by atoms with Crippen LogP contribution >= 0.6 is 0 Å². The van der Waals surface area contributed by atoms with Gasteiger partial charge in [-0.2, -0.15) is 13.2 Å². The molecule has 7 nitrogen and oxygen atoms in total. The maximum Gasteiger partial charge on any atom is 0.406 e. The molecule has 0 spiro atoms. The number of hydrogen-bond donors (Lipinski definition) is 3. The molecule has 0 bridgehead atoms. The molecule has 1 aromatic heterocycles. The van der Waals surface area contributed by atoms with E-state index in [0.717, 1.165) is 54.7 Å². The van der Waals surface area contributed by atoms with Gasteiger partial charge in [0.1, 0.15) is 6.54 Å². The van der Waals surface area contributed by atoms with Crippen LogP contribution in [0.2, 0.25) is 0 Å². The number of likely N-dealkylation sites (tertiary alicyclic amines) is 1. The molecule has 0 aliphatic carbocycles. The maximum atomic E-state index is 13.5. The fourth-order valence-electron chi connectivity index (χ4n) is 4.90. The Morgan fingerprint density at radius 2 is 1.73 bits per heavy atom. The summed E-state index contributed by atoms with van der Waals surface area (Å²) in [5.41, 5.74) is 9.14. The molecule has 4 rings (SSSR count). The number of fused-ring (bicyclic) bond motifs is 1. The van der Waals surface area contributed by atoms with E-state index in [1.807, 2.05) is 30.3 Å². The van der Waals surface area contributed by atoms with Crippen molar-refractivity contribution in [1.82, 2.24) is 9.47 Å². The van der Waals surface area contributed by atoms with Gasteiger partial charge in [0.05, 0.1) is 44.2 Å². The molecule has 2 aromatic carbocycles. The minimum Gasteiger partial charge on any atom is -0.382 e. The number of rotatable bonds is 13. The molecule has 10 heteroatoms. The number of aromatic nitrogens is 1. The summed E-state index contributed by atoms with van der Waals surface area (Å²) in [7, 11) is 2.10. The Bertz CT molecular complexity index is 1290. The van der Waals surface area contributed by atoms with Crippen LogP contribution in [-0.4, -0.2) is 81.3 Å². The van der Waals surface area contributed by atoms with E-state index in [9.17, 15) is 13.2 Å². The Morgan fingerprint density at radius 3 is 2.44 bits per heavy atom. The number of ether oxygens (including phenoxy) is 2. The highest BCUT2D eigenvalue weighted by Crippen LogP contribution is 2.31. The van der Waals surface area contributed by atoms with E-state index in [1.165, 1.54) is 4.57 Å². The standard InChI is InChI=1S/C31H40F3N5O2/c1-38-16-11-26(12-17-38)37-29-5-2-6-30-28(29)22-27(39(30)23-31(32,33)34)4-3-15-36-25-9-7-24(8-10-25)13-18-40-20-21-41-19-14-35/h2,5-10,22,26,36-37H,11-21,23,35H2,1H3. The first-order valence-electron chi connectivity index (χ1n) is 14.1. The highest BCUT2D eigenvalue weighted by atomic mass is 19.4. The van der Waals surface area contributed by atoms with E-state index < -0.39 is 12.7 Å². The van der Waals surface area contributed by atoms with Crippen LogP contribution in [0.25, 0.3) is 10.9 Å². The minimum atomic E-state index is -4.36. The third kappa shape index (κ3) is 9.68. The minimum absolute atomic E-state index is 0.293. The summed E-state index contributed by atoms with van der Waals surface area (Å²) >= 11 is 0. The molecule has 0 unspecified atom stereocenters. The zero-order valence-electron chi connectivity index (χ0n) is 23.6. The number of alkyl halides is 3. The summed E-state index contributed by atoms with van der Waals surface area (Å²) in [6.45, 7) is 3.93. The molecular weight excluding hydrogens is 531 g/mol. The van der Waals surface area contributed by atoms with Crippen LogP contribution in [0.3, 0.4) is 0 Å². The van der Waals surface area contributed by atoms with Crippen LogP contribution < -0.4 is 16.4 Å². The first kappa shape index (κ1) is 30.7. The van der Waals surface area contributed by atoms with Crippen LogP contribution in [-0.2, 0) is 22.4 Å². The predicted octanol–water partition coefficient (Wildman–Crippen LogP) is 4.71. The Morgan fingerprint density at radius 1 is 1.00 bits per heavy atom. The summed E-state index contributed by atoms with van der Waals surface area (Å²) in [5.74, 6) is 5.98. The molecule has 0 radical (unpaired) electrons. The summed E-state index contributed by atoms with van der Waals surface area (Å²) in [6, 6.07) is 15.5. The van der Waals surface area contributed by atoms with Crippen molar-refractivity contribution in [3.05, 3.63) is 59.8 Å². The lowest BCUT2D eigenvalue weighted by molar-refractivity contribution is -0.140. The van der Waals surface area contributed by atoms with E-state index in [-0.39, 0.29) is 0 Å². The number of hydrogen-bond acceptors (Lipinski definition) is 6. The van der Waals surface area contributed by atoms with Crippen molar-refractivity contribution < 1.29 is 22.6 Å². The van der Waals surface area contributed by atoms with Gasteiger partial charge >= 0.3 is 6.18 Å².